The summed E-state index contributed by atoms with van der Waals surface area (Å²) in [4.78, 5) is 12.0. The summed E-state index contributed by atoms with van der Waals surface area (Å²) >= 11 is 11.6. The first kappa shape index (κ1) is 15.4. The van der Waals surface area contributed by atoms with E-state index in [1.165, 1.54) is 18.3 Å². The molecule has 5 nitrogen and oxygen atoms in total. The number of nitrogens with zero attached hydrogens (tertiary/aromatic N) is 1. The van der Waals surface area contributed by atoms with Crippen molar-refractivity contribution in [1.82, 2.24) is 5.43 Å². The molecule has 0 bridgehead atoms. The van der Waals surface area contributed by atoms with E-state index in [2.05, 4.69) is 10.5 Å². The standard InChI is InChI=1S/C16H10Cl2N2O3/c17-11-5-9(6-12(18)15(11)21)8-19-20-16(22)14-7-10-3-1-2-4-13(10)23-14/h1-8,21H,(H,20,22)/b19-8+. The van der Waals surface area contributed by atoms with Gasteiger partial charge in [0.25, 0.3) is 0 Å². The molecule has 3 aromatic rings. The van der Waals surface area contributed by atoms with Crippen LogP contribution in [0.2, 0.25) is 10.0 Å². The Bertz CT molecular complexity index is 863. The molecule has 2 N–H and O–H groups in total. The highest BCUT2D eigenvalue weighted by Gasteiger charge is 2.11. The Morgan fingerprint density at radius 1 is 1.17 bits per heavy atom. The highest BCUT2D eigenvalue weighted by Crippen LogP contribution is 2.32. The predicted octanol–water partition coefficient (Wildman–Crippen LogP) is 4.21. The van der Waals surface area contributed by atoms with Crippen molar-refractivity contribution < 1.29 is 14.3 Å². The van der Waals surface area contributed by atoms with E-state index < -0.39 is 5.91 Å². The third-order valence-corrected chi connectivity index (χ3v) is 3.64. The second-order valence-electron chi connectivity index (χ2n) is 4.68. The number of para-hydroxylation sites is 1. The summed E-state index contributed by atoms with van der Waals surface area (Å²) in [6.45, 7) is 0. The van der Waals surface area contributed by atoms with Crippen molar-refractivity contribution in [2.45, 2.75) is 0 Å². The zero-order chi connectivity index (χ0) is 16.4. The Morgan fingerprint density at radius 3 is 2.57 bits per heavy atom. The van der Waals surface area contributed by atoms with Gasteiger partial charge >= 0.3 is 5.91 Å². The van der Waals surface area contributed by atoms with Crippen molar-refractivity contribution >= 4 is 46.3 Å². The number of nitrogens with one attached hydrogen (secondary N) is 1. The van der Waals surface area contributed by atoms with E-state index in [0.717, 1.165) is 5.39 Å². The summed E-state index contributed by atoms with van der Waals surface area (Å²) in [6.07, 6.45) is 1.36. The van der Waals surface area contributed by atoms with Crippen LogP contribution >= 0.6 is 23.2 Å². The van der Waals surface area contributed by atoms with Gasteiger partial charge in [0.15, 0.2) is 11.5 Å². The number of halogens is 2. The molecular weight excluding hydrogens is 339 g/mol. The molecule has 0 saturated carbocycles. The maximum absolute atomic E-state index is 12.0. The van der Waals surface area contributed by atoms with E-state index in [-0.39, 0.29) is 21.6 Å². The number of phenols is 1. The molecular formula is C16H10Cl2N2O3. The third kappa shape index (κ3) is 3.31. The van der Waals surface area contributed by atoms with Gasteiger partial charge < -0.3 is 9.52 Å². The highest BCUT2D eigenvalue weighted by molar-refractivity contribution is 6.37. The van der Waals surface area contributed by atoms with Crippen LogP contribution in [0, 0.1) is 0 Å². The molecule has 2 aromatic carbocycles. The Kier molecular flexibility index (Phi) is 4.23. The first-order valence-electron chi connectivity index (χ1n) is 6.54. The molecule has 0 fully saturated rings. The first-order valence-corrected chi connectivity index (χ1v) is 7.30. The number of amides is 1. The van der Waals surface area contributed by atoms with Crippen LogP contribution in [0.5, 0.6) is 5.75 Å². The number of carbonyl (C=O) groups is 1. The van der Waals surface area contributed by atoms with Crippen molar-refractivity contribution in [2.75, 3.05) is 0 Å². The van der Waals surface area contributed by atoms with E-state index in [4.69, 9.17) is 27.6 Å². The number of aromatic hydroxyl groups is 1. The lowest BCUT2D eigenvalue weighted by Crippen LogP contribution is -2.16. The maximum atomic E-state index is 12.0. The molecule has 1 heterocycles. The molecule has 0 unspecified atom stereocenters. The number of phenolic OH excluding ortho intramolecular Hbond substituents is 1. The van der Waals surface area contributed by atoms with Gasteiger partial charge in [0.2, 0.25) is 0 Å². The van der Waals surface area contributed by atoms with Crippen LogP contribution in [0.4, 0.5) is 0 Å². The highest BCUT2D eigenvalue weighted by atomic mass is 35.5. The third-order valence-electron chi connectivity index (χ3n) is 3.07. The number of carbonyl (C=O) groups excluding carboxylic acids is 1. The molecule has 7 heteroatoms. The molecule has 0 aliphatic heterocycles. The van der Waals surface area contributed by atoms with E-state index in [1.807, 2.05) is 18.2 Å². The molecule has 1 aromatic heterocycles. The number of rotatable bonds is 3. The molecule has 0 aliphatic rings. The second kappa shape index (κ2) is 6.32. The number of fused-ring (bicyclic) bond motifs is 1. The fraction of sp³-hybridized carbons (Fsp3) is 0. The molecule has 0 spiro atoms. The quantitative estimate of drug-likeness (QED) is 0.549. The smallest absolute Gasteiger partial charge is 0.307 e. The average Bonchev–Trinajstić information content (AvgIpc) is 2.96. The maximum Gasteiger partial charge on any atom is 0.307 e. The van der Waals surface area contributed by atoms with E-state index in [0.29, 0.717) is 11.1 Å². The summed E-state index contributed by atoms with van der Waals surface area (Å²) in [5.41, 5.74) is 3.50. The molecule has 0 radical (unpaired) electrons. The lowest BCUT2D eigenvalue weighted by molar-refractivity contribution is 0.0929. The molecule has 23 heavy (non-hydrogen) atoms. The van der Waals surface area contributed by atoms with Gasteiger partial charge in [-0.2, -0.15) is 5.10 Å². The van der Waals surface area contributed by atoms with Gasteiger partial charge in [0, 0.05) is 5.39 Å². The largest absolute Gasteiger partial charge is 0.505 e. The van der Waals surface area contributed by atoms with Gasteiger partial charge in [-0.15, -0.1) is 0 Å². The van der Waals surface area contributed by atoms with Gasteiger partial charge in [-0.25, -0.2) is 5.43 Å². The number of hydrogen-bond donors (Lipinski definition) is 2. The van der Waals surface area contributed by atoms with Crippen molar-refractivity contribution in [2.24, 2.45) is 5.10 Å². The number of benzene rings is 2. The van der Waals surface area contributed by atoms with Gasteiger partial charge in [0.05, 0.1) is 16.3 Å². The Hall–Kier alpha value is -2.50. The SMILES string of the molecule is O=C(N/N=C/c1cc(Cl)c(O)c(Cl)c1)c1cc2ccccc2o1. The Labute approximate surface area is 141 Å². The Balaban J connectivity index is 1.73. The summed E-state index contributed by atoms with van der Waals surface area (Å²) in [5, 5.41) is 14.3. The van der Waals surface area contributed by atoms with Gasteiger partial charge in [-0.1, -0.05) is 41.4 Å². The van der Waals surface area contributed by atoms with Crippen molar-refractivity contribution in [3.63, 3.8) is 0 Å². The molecule has 0 atom stereocenters. The van der Waals surface area contributed by atoms with Crippen LogP contribution in [0.3, 0.4) is 0 Å². The molecule has 116 valence electrons. The van der Waals surface area contributed by atoms with Crippen LogP contribution in [-0.2, 0) is 0 Å². The predicted molar refractivity (Wildman–Crippen MR) is 89.4 cm³/mol. The van der Waals surface area contributed by atoms with Crippen LogP contribution < -0.4 is 5.43 Å². The molecule has 0 saturated heterocycles. The van der Waals surface area contributed by atoms with Gasteiger partial charge in [-0.3, -0.25) is 4.79 Å². The summed E-state index contributed by atoms with van der Waals surface area (Å²) in [7, 11) is 0. The van der Waals surface area contributed by atoms with Crippen molar-refractivity contribution in [1.29, 1.82) is 0 Å². The number of hydrogen-bond acceptors (Lipinski definition) is 4. The van der Waals surface area contributed by atoms with E-state index >= 15 is 0 Å². The lowest BCUT2D eigenvalue weighted by Gasteiger charge is -2.01. The first-order chi connectivity index (χ1) is 11.0. The fourth-order valence-corrected chi connectivity index (χ4v) is 2.48. The van der Waals surface area contributed by atoms with E-state index in [9.17, 15) is 9.90 Å². The molecule has 1 amide bonds. The number of furan rings is 1. The zero-order valence-electron chi connectivity index (χ0n) is 11.6. The summed E-state index contributed by atoms with van der Waals surface area (Å²) in [6, 6.07) is 11.9. The second-order valence-corrected chi connectivity index (χ2v) is 5.50. The lowest BCUT2D eigenvalue weighted by atomic mass is 10.2. The van der Waals surface area contributed by atoms with Gasteiger partial charge in [0.1, 0.15) is 5.58 Å². The fourth-order valence-electron chi connectivity index (χ4n) is 1.97. The monoisotopic (exact) mass is 348 g/mol. The van der Waals surface area contributed by atoms with Crippen LogP contribution in [-0.4, -0.2) is 17.2 Å². The minimum atomic E-state index is -0.478. The molecule has 3 rings (SSSR count). The van der Waals surface area contributed by atoms with Gasteiger partial charge in [-0.05, 0) is 29.8 Å². The van der Waals surface area contributed by atoms with Crippen molar-refractivity contribution in [3.05, 3.63) is 63.8 Å². The Morgan fingerprint density at radius 2 is 1.87 bits per heavy atom. The minimum Gasteiger partial charge on any atom is -0.505 e. The van der Waals surface area contributed by atoms with Crippen LogP contribution in [0.25, 0.3) is 11.0 Å². The van der Waals surface area contributed by atoms with E-state index in [1.54, 1.807) is 12.1 Å². The zero-order valence-corrected chi connectivity index (χ0v) is 13.1. The van der Waals surface area contributed by atoms with Crippen LogP contribution in [0.1, 0.15) is 16.1 Å². The number of hydrazone groups is 1. The summed E-state index contributed by atoms with van der Waals surface area (Å²) in [5.74, 6) is -0.518. The van der Waals surface area contributed by atoms with Crippen molar-refractivity contribution in [3.8, 4) is 5.75 Å². The minimum absolute atomic E-state index is 0.0996. The summed E-state index contributed by atoms with van der Waals surface area (Å²) < 4.78 is 5.43. The topological polar surface area (TPSA) is 74.8 Å². The average molecular weight is 349 g/mol. The normalized spacial score (nSPS) is 11.2. The molecule has 0 aliphatic carbocycles. The van der Waals surface area contributed by atoms with Crippen LogP contribution in [0.15, 0.2) is 52.0 Å².